The molecular weight excluding hydrogens is 356 g/mol. The second kappa shape index (κ2) is 8.39. The van der Waals surface area contributed by atoms with E-state index >= 15 is 0 Å². The maximum atomic E-state index is 12.2. The number of ether oxygens (including phenoxy) is 1. The number of hydrogen-bond acceptors (Lipinski definition) is 5. The quantitative estimate of drug-likeness (QED) is 0.326. The Kier molecular flexibility index (Phi) is 5.94. The lowest BCUT2D eigenvalue weighted by atomic mass is 10.0. The average molecular weight is 382 g/mol. The van der Waals surface area contributed by atoms with Gasteiger partial charge in [-0.25, -0.2) is 0 Å². The number of rotatable bonds is 7. The van der Waals surface area contributed by atoms with Gasteiger partial charge in [-0.15, -0.1) is 5.10 Å². The molecule has 1 aromatic rings. The van der Waals surface area contributed by atoms with E-state index in [2.05, 4.69) is 23.5 Å². The summed E-state index contributed by atoms with van der Waals surface area (Å²) < 4.78 is 6.06. The topological polar surface area (TPSA) is 101 Å². The van der Waals surface area contributed by atoms with Crippen LogP contribution in [0.25, 0.3) is 5.57 Å². The number of likely N-dealkylation sites (tertiary alicyclic amines) is 1. The highest BCUT2D eigenvalue weighted by atomic mass is 16.5. The Hall–Kier alpha value is -2.93. The highest BCUT2D eigenvalue weighted by molar-refractivity contribution is 6.00. The van der Waals surface area contributed by atoms with Crippen LogP contribution < -0.4 is 10.5 Å². The van der Waals surface area contributed by atoms with Crippen molar-refractivity contribution < 1.29 is 14.6 Å². The number of nitrogens with zero attached hydrogens (tertiary/aromatic N) is 3. The number of benzene rings is 1. The molecular formula is C21H26N4O3. The molecule has 0 aromatic heterocycles. The normalized spacial score (nSPS) is 19.8. The van der Waals surface area contributed by atoms with E-state index in [4.69, 9.17) is 10.5 Å². The summed E-state index contributed by atoms with van der Waals surface area (Å²) in [5.41, 5.74) is 6.40. The van der Waals surface area contributed by atoms with Crippen LogP contribution in [-0.4, -0.2) is 53.3 Å². The van der Waals surface area contributed by atoms with E-state index in [0.29, 0.717) is 25.9 Å². The molecule has 2 fully saturated rings. The van der Waals surface area contributed by atoms with Crippen LogP contribution in [0.5, 0.6) is 5.75 Å². The van der Waals surface area contributed by atoms with Crippen molar-refractivity contribution in [2.75, 3.05) is 13.1 Å². The molecule has 1 aliphatic heterocycles. The maximum absolute atomic E-state index is 12.2. The van der Waals surface area contributed by atoms with Crippen LogP contribution in [0.3, 0.4) is 0 Å². The van der Waals surface area contributed by atoms with Gasteiger partial charge in [-0.05, 0) is 42.2 Å². The summed E-state index contributed by atoms with van der Waals surface area (Å²) in [6.45, 7) is 8.31. The van der Waals surface area contributed by atoms with Crippen molar-refractivity contribution in [3.8, 4) is 5.75 Å². The van der Waals surface area contributed by atoms with Gasteiger partial charge in [-0.1, -0.05) is 24.8 Å². The Morgan fingerprint density at radius 1 is 1.29 bits per heavy atom. The first-order chi connectivity index (χ1) is 13.4. The summed E-state index contributed by atoms with van der Waals surface area (Å²) in [5.74, 6) is 0.892. The molecule has 28 heavy (non-hydrogen) atoms. The molecule has 1 aromatic carbocycles. The van der Waals surface area contributed by atoms with Crippen molar-refractivity contribution in [2.24, 2.45) is 15.9 Å². The molecule has 3 rings (SSSR count). The minimum atomic E-state index is -1.09. The van der Waals surface area contributed by atoms with Gasteiger partial charge in [-0.3, -0.25) is 4.79 Å². The number of allylic oxidation sites excluding steroid dienone is 2. The van der Waals surface area contributed by atoms with Gasteiger partial charge in [0.15, 0.2) is 0 Å². The van der Waals surface area contributed by atoms with Crippen molar-refractivity contribution in [1.29, 1.82) is 0 Å². The number of piperidine rings is 1. The number of carbonyl (C=O) groups is 1. The third-order valence-corrected chi connectivity index (χ3v) is 5.05. The fourth-order valence-corrected chi connectivity index (χ4v) is 3.25. The average Bonchev–Trinajstić information content (AvgIpc) is 3.46. The monoisotopic (exact) mass is 382 g/mol. The molecule has 7 heteroatoms. The number of hydrogen-bond donors (Lipinski definition) is 2. The van der Waals surface area contributed by atoms with Crippen molar-refractivity contribution in [2.45, 2.75) is 37.4 Å². The second-order valence-electron chi connectivity index (χ2n) is 7.14. The SMILES string of the molecule is C=C/C(=C\C(N)=NN=C)c1ccc(OC2CCN(C(=O)C3(O)CC3)CC2)cc1. The summed E-state index contributed by atoms with van der Waals surface area (Å²) in [7, 11) is 0. The highest BCUT2D eigenvalue weighted by Gasteiger charge is 2.50. The van der Waals surface area contributed by atoms with Gasteiger partial charge in [0, 0.05) is 32.6 Å². The molecule has 2 aliphatic rings. The molecule has 3 N–H and O–H groups in total. The van der Waals surface area contributed by atoms with E-state index in [1.165, 1.54) is 0 Å². The molecule has 1 heterocycles. The zero-order valence-electron chi connectivity index (χ0n) is 15.9. The van der Waals surface area contributed by atoms with Crippen LogP contribution in [0.15, 0.2) is 53.2 Å². The summed E-state index contributed by atoms with van der Waals surface area (Å²) in [6, 6.07) is 7.66. The van der Waals surface area contributed by atoms with Crippen LogP contribution >= 0.6 is 0 Å². The predicted octanol–water partition coefficient (Wildman–Crippen LogP) is 2.12. The van der Waals surface area contributed by atoms with Gasteiger partial charge >= 0.3 is 0 Å². The minimum Gasteiger partial charge on any atom is -0.490 e. The number of amidine groups is 1. The molecule has 1 amide bonds. The van der Waals surface area contributed by atoms with Gasteiger partial charge in [0.1, 0.15) is 23.3 Å². The molecule has 0 atom stereocenters. The number of carbonyl (C=O) groups excluding carboxylic acids is 1. The number of aliphatic hydroxyl groups is 1. The first kappa shape index (κ1) is 19.8. The lowest BCUT2D eigenvalue weighted by molar-refractivity contribution is -0.144. The molecule has 148 valence electrons. The lowest BCUT2D eigenvalue weighted by Gasteiger charge is -2.33. The standard InChI is InChI=1S/C21H26N4O3/c1-3-15(14-19(22)24-23-2)16-4-6-17(7-5-16)28-18-8-12-25(13-9-18)20(26)21(27)10-11-21/h3-7,14,18,27H,1-2,8-13H2,(H2,22,24)/b15-14+. The van der Waals surface area contributed by atoms with Crippen LogP contribution in [-0.2, 0) is 4.79 Å². The van der Waals surface area contributed by atoms with E-state index < -0.39 is 5.60 Å². The minimum absolute atomic E-state index is 0.0552. The van der Waals surface area contributed by atoms with E-state index in [-0.39, 0.29) is 17.8 Å². The predicted molar refractivity (Wildman–Crippen MR) is 110 cm³/mol. The van der Waals surface area contributed by atoms with E-state index in [1.807, 2.05) is 24.3 Å². The zero-order chi connectivity index (χ0) is 20.1. The lowest BCUT2D eigenvalue weighted by Crippen LogP contribution is -2.46. The first-order valence-electron chi connectivity index (χ1n) is 9.37. The van der Waals surface area contributed by atoms with Gasteiger partial charge in [0.25, 0.3) is 5.91 Å². The number of amides is 1. The van der Waals surface area contributed by atoms with Crippen molar-refractivity contribution in [3.63, 3.8) is 0 Å². The van der Waals surface area contributed by atoms with Gasteiger partial charge in [0.2, 0.25) is 0 Å². The van der Waals surface area contributed by atoms with Crippen LogP contribution in [0.2, 0.25) is 0 Å². The van der Waals surface area contributed by atoms with Crippen LogP contribution in [0, 0.1) is 0 Å². The second-order valence-corrected chi connectivity index (χ2v) is 7.14. The summed E-state index contributed by atoms with van der Waals surface area (Å²) in [5, 5.41) is 17.1. The molecule has 7 nitrogen and oxygen atoms in total. The van der Waals surface area contributed by atoms with E-state index in [9.17, 15) is 9.90 Å². The van der Waals surface area contributed by atoms with Crippen molar-refractivity contribution in [1.82, 2.24) is 4.90 Å². The largest absolute Gasteiger partial charge is 0.490 e. The van der Waals surface area contributed by atoms with Crippen LogP contribution in [0.4, 0.5) is 0 Å². The van der Waals surface area contributed by atoms with Crippen LogP contribution in [0.1, 0.15) is 31.2 Å². The third kappa shape index (κ3) is 4.67. The molecule has 1 aliphatic carbocycles. The Balaban J connectivity index is 1.56. The Morgan fingerprint density at radius 3 is 2.46 bits per heavy atom. The summed E-state index contributed by atoms with van der Waals surface area (Å²) >= 11 is 0. The molecule has 1 saturated heterocycles. The van der Waals surface area contributed by atoms with E-state index in [0.717, 1.165) is 29.7 Å². The van der Waals surface area contributed by atoms with Crippen molar-refractivity contribution >= 4 is 24.0 Å². The maximum Gasteiger partial charge on any atom is 0.254 e. The molecule has 1 saturated carbocycles. The Bertz CT molecular complexity index is 801. The molecule has 0 unspecified atom stereocenters. The zero-order valence-corrected chi connectivity index (χ0v) is 15.9. The Labute approximate surface area is 164 Å². The Morgan fingerprint density at radius 2 is 1.93 bits per heavy atom. The first-order valence-corrected chi connectivity index (χ1v) is 9.37. The molecule has 0 radical (unpaired) electrons. The highest BCUT2D eigenvalue weighted by Crippen LogP contribution is 2.37. The van der Waals surface area contributed by atoms with Gasteiger partial charge < -0.3 is 20.5 Å². The van der Waals surface area contributed by atoms with Gasteiger partial charge in [-0.2, -0.15) is 5.10 Å². The van der Waals surface area contributed by atoms with Crippen molar-refractivity contribution in [3.05, 3.63) is 48.6 Å². The van der Waals surface area contributed by atoms with Gasteiger partial charge in [0.05, 0.1) is 0 Å². The fraction of sp³-hybridized carbons (Fsp3) is 0.381. The summed E-state index contributed by atoms with van der Waals surface area (Å²) in [6.07, 6.45) is 6.10. The molecule has 0 bridgehead atoms. The third-order valence-electron chi connectivity index (χ3n) is 5.05. The smallest absolute Gasteiger partial charge is 0.254 e. The number of nitrogens with two attached hydrogens (primary N) is 1. The summed E-state index contributed by atoms with van der Waals surface area (Å²) in [4.78, 5) is 13.9. The molecule has 0 spiro atoms. The van der Waals surface area contributed by atoms with E-state index in [1.54, 1.807) is 17.1 Å². The fourth-order valence-electron chi connectivity index (χ4n) is 3.25.